The minimum absolute atomic E-state index is 0.106. The summed E-state index contributed by atoms with van der Waals surface area (Å²) in [6, 6.07) is 8.09. The van der Waals surface area contributed by atoms with Crippen LogP contribution in [0.25, 0.3) is 0 Å². The van der Waals surface area contributed by atoms with Gasteiger partial charge in [0.05, 0.1) is 18.9 Å². The van der Waals surface area contributed by atoms with Gasteiger partial charge >= 0.3 is 0 Å². The number of amides is 1. The van der Waals surface area contributed by atoms with Crippen molar-refractivity contribution in [2.24, 2.45) is 0 Å². The second-order valence-electron chi connectivity index (χ2n) is 5.78. The molecule has 2 saturated heterocycles. The number of carbonyl (C=O) groups excluding carboxylic acids is 1. The van der Waals surface area contributed by atoms with Gasteiger partial charge in [-0.2, -0.15) is 0 Å². The van der Waals surface area contributed by atoms with Crippen LogP contribution in [-0.2, 0) is 9.53 Å². The number of piperazine rings is 1. The van der Waals surface area contributed by atoms with Crippen LogP contribution in [-0.4, -0.2) is 69.4 Å². The molecule has 0 spiro atoms. The number of benzene rings is 1. The van der Waals surface area contributed by atoms with Crippen LogP contribution in [0.2, 0.25) is 0 Å². The van der Waals surface area contributed by atoms with Gasteiger partial charge in [-0.25, -0.2) is 0 Å². The van der Waals surface area contributed by atoms with E-state index in [0.29, 0.717) is 19.8 Å². The quantitative estimate of drug-likeness (QED) is 0.886. The van der Waals surface area contributed by atoms with Crippen LogP contribution in [0.3, 0.4) is 0 Å². The Kier molecular flexibility index (Phi) is 5.35. The maximum atomic E-state index is 12.5. The maximum Gasteiger partial charge on any atom is 0.253 e. The van der Waals surface area contributed by atoms with Crippen LogP contribution in [0.1, 0.15) is 6.92 Å². The fourth-order valence-corrected chi connectivity index (χ4v) is 3.09. The van der Waals surface area contributed by atoms with E-state index < -0.39 is 0 Å². The van der Waals surface area contributed by atoms with Crippen molar-refractivity contribution in [3.8, 4) is 5.75 Å². The van der Waals surface area contributed by atoms with Crippen molar-refractivity contribution in [3.63, 3.8) is 0 Å². The Bertz CT molecular complexity index is 524. The number of ether oxygens (including phenoxy) is 2. The molecule has 2 fully saturated rings. The number of nitrogens with zero attached hydrogens (tertiary/aromatic N) is 2. The van der Waals surface area contributed by atoms with Crippen LogP contribution in [0, 0.1) is 0 Å². The third-order valence-electron chi connectivity index (χ3n) is 4.30. The lowest BCUT2D eigenvalue weighted by atomic mass is 10.2. The summed E-state index contributed by atoms with van der Waals surface area (Å²) in [7, 11) is 0. The fraction of sp³-hybridized carbons (Fsp3) is 0.588. The third-order valence-corrected chi connectivity index (χ3v) is 4.30. The zero-order valence-corrected chi connectivity index (χ0v) is 13.7. The molecule has 0 saturated carbocycles. The lowest BCUT2D eigenvalue weighted by Gasteiger charge is -2.38. The average molecular weight is 319 g/mol. The van der Waals surface area contributed by atoms with Gasteiger partial charge in [0.25, 0.3) is 5.91 Å². The van der Waals surface area contributed by atoms with E-state index in [1.54, 1.807) is 0 Å². The maximum absolute atomic E-state index is 12.5. The van der Waals surface area contributed by atoms with Gasteiger partial charge in [-0.3, -0.25) is 4.79 Å². The monoisotopic (exact) mass is 319 g/mol. The normalized spacial score (nSPS) is 22.0. The predicted molar refractivity (Wildman–Crippen MR) is 89.0 cm³/mol. The molecule has 1 atom stereocenters. The summed E-state index contributed by atoms with van der Waals surface area (Å²) < 4.78 is 11.3. The molecule has 1 aromatic rings. The van der Waals surface area contributed by atoms with Crippen LogP contribution < -0.4 is 15.0 Å². The molecular formula is C17H25N3O3. The highest BCUT2D eigenvalue weighted by molar-refractivity contribution is 5.81. The van der Waals surface area contributed by atoms with E-state index in [1.165, 1.54) is 0 Å². The van der Waals surface area contributed by atoms with E-state index in [1.807, 2.05) is 30.0 Å². The Morgan fingerprint density at radius 3 is 2.78 bits per heavy atom. The number of anilines is 1. The molecule has 0 unspecified atom stereocenters. The molecule has 6 heteroatoms. The van der Waals surface area contributed by atoms with E-state index in [0.717, 1.165) is 44.2 Å². The van der Waals surface area contributed by atoms with Gasteiger partial charge in [-0.15, -0.1) is 0 Å². The highest BCUT2D eigenvalue weighted by Gasteiger charge is 2.29. The van der Waals surface area contributed by atoms with Gasteiger partial charge in [-0.1, -0.05) is 12.1 Å². The van der Waals surface area contributed by atoms with Gasteiger partial charge in [0.2, 0.25) is 0 Å². The molecule has 23 heavy (non-hydrogen) atoms. The summed E-state index contributed by atoms with van der Waals surface area (Å²) in [6.45, 7) is 7.77. The lowest BCUT2D eigenvalue weighted by Crippen LogP contribution is -2.55. The molecule has 126 valence electrons. The Balaban J connectivity index is 1.59. The average Bonchev–Trinajstić information content (AvgIpc) is 2.63. The molecule has 3 rings (SSSR count). The van der Waals surface area contributed by atoms with Gasteiger partial charge in [0.15, 0.2) is 0 Å². The number of morpholine rings is 1. The van der Waals surface area contributed by atoms with Crippen LogP contribution >= 0.6 is 0 Å². The Morgan fingerprint density at radius 2 is 2.09 bits per heavy atom. The lowest BCUT2D eigenvalue weighted by molar-refractivity contribution is -0.145. The van der Waals surface area contributed by atoms with Crippen LogP contribution in [0.5, 0.6) is 5.75 Å². The Morgan fingerprint density at radius 1 is 1.30 bits per heavy atom. The molecule has 2 aliphatic heterocycles. The molecule has 1 amide bonds. The Hall–Kier alpha value is -1.79. The van der Waals surface area contributed by atoms with Crippen molar-refractivity contribution < 1.29 is 14.3 Å². The van der Waals surface area contributed by atoms with Gasteiger partial charge in [0.1, 0.15) is 11.9 Å². The predicted octanol–water partition coefficient (Wildman–Crippen LogP) is 0.722. The van der Waals surface area contributed by atoms with Crippen molar-refractivity contribution in [1.82, 2.24) is 10.2 Å². The summed E-state index contributed by atoms with van der Waals surface area (Å²) in [5, 5.41) is 3.21. The summed E-state index contributed by atoms with van der Waals surface area (Å²) in [5.74, 6) is 1.02. The first-order chi connectivity index (χ1) is 11.3. The molecule has 0 bridgehead atoms. The first-order valence-electron chi connectivity index (χ1n) is 8.37. The van der Waals surface area contributed by atoms with E-state index in [4.69, 9.17) is 9.47 Å². The van der Waals surface area contributed by atoms with Crippen molar-refractivity contribution >= 4 is 11.6 Å². The molecule has 0 radical (unpaired) electrons. The molecule has 2 aliphatic rings. The molecule has 2 heterocycles. The largest absolute Gasteiger partial charge is 0.492 e. The second kappa shape index (κ2) is 7.66. The number of rotatable bonds is 4. The van der Waals surface area contributed by atoms with E-state index in [-0.39, 0.29) is 12.0 Å². The van der Waals surface area contributed by atoms with Crippen molar-refractivity contribution in [3.05, 3.63) is 24.3 Å². The van der Waals surface area contributed by atoms with Gasteiger partial charge in [0, 0.05) is 39.3 Å². The summed E-state index contributed by atoms with van der Waals surface area (Å²) in [6.07, 6.45) is -0.328. The number of carbonyl (C=O) groups is 1. The van der Waals surface area contributed by atoms with E-state index in [2.05, 4.69) is 16.3 Å². The molecule has 1 N–H and O–H groups in total. The van der Waals surface area contributed by atoms with E-state index in [9.17, 15) is 4.79 Å². The number of para-hydroxylation sites is 2. The minimum atomic E-state index is -0.328. The molecule has 6 nitrogen and oxygen atoms in total. The highest BCUT2D eigenvalue weighted by Crippen LogP contribution is 2.28. The zero-order valence-electron chi connectivity index (χ0n) is 13.7. The minimum Gasteiger partial charge on any atom is -0.492 e. The summed E-state index contributed by atoms with van der Waals surface area (Å²) in [4.78, 5) is 16.7. The molecule has 0 aliphatic carbocycles. The number of hydrogen-bond acceptors (Lipinski definition) is 5. The first kappa shape index (κ1) is 16.1. The third kappa shape index (κ3) is 3.76. The van der Waals surface area contributed by atoms with Crippen molar-refractivity contribution in [2.75, 3.05) is 57.4 Å². The van der Waals surface area contributed by atoms with Gasteiger partial charge in [-0.05, 0) is 19.1 Å². The standard InChI is InChI=1S/C17H25N3O3/c1-2-22-15-6-4-3-5-14(15)19-8-10-20(11-9-19)17(21)16-13-18-7-12-23-16/h3-6,16,18H,2,7-13H2,1H3/t16-/m1/s1. The van der Waals surface area contributed by atoms with E-state index >= 15 is 0 Å². The SMILES string of the molecule is CCOc1ccccc1N1CCN(C(=O)[C@H]2CNCCO2)CC1. The molecule has 1 aromatic carbocycles. The smallest absolute Gasteiger partial charge is 0.253 e. The summed E-state index contributed by atoms with van der Waals surface area (Å²) >= 11 is 0. The van der Waals surface area contributed by atoms with Crippen LogP contribution in [0.4, 0.5) is 5.69 Å². The first-order valence-corrected chi connectivity index (χ1v) is 8.37. The second-order valence-corrected chi connectivity index (χ2v) is 5.78. The highest BCUT2D eigenvalue weighted by atomic mass is 16.5. The number of hydrogen-bond donors (Lipinski definition) is 1. The topological polar surface area (TPSA) is 54.0 Å². The summed E-state index contributed by atoms with van der Waals surface area (Å²) in [5.41, 5.74) is 1.11. The fourth-order valence-electron chi connectivity index (χ4n) is 3.09. The number of nitrogens with one attached hydrogen (secondary N) is 1. The van der Waals surface area contributed by atoms with Crippen molar-refractivity contribution in [1.29, 1.82) is 0 Å². The van der Waals surface area contributed by atoms with Crippen LogP contribution in [0.15, 0.2) is 24.3 Å². The molecule has 0 aromatic heterocycles. The van der Waals surface area contributed by atoms with Crippen molar-refractivity contribution in [2.45, 2.75) is 13.0 Å². The van der Waals surface area contributed by atoms with Gasteiger partial charge < -0.3 is 24.6 Å². The molecular weight excluding hydrogens is 294 g/mol. The zero-order chi connectivity index (χ0) is 16.1. The Labute approximate surface area is 137 Å².